The third kappa shape index (κ3) is 1.74. The number of fused-ring (bicyclic) bond motifs is 1. The average Bonchev–Trinajstić information content (AvgIpc) is 2.89. The predicted molar refractivity (Wildman–Crippen MR) is 65.0 cm³/mol. The summed E-state index contributed by atoms with van der Waals surface area (Å²) in [5.41, 5.74) is 3.91. The van der Waals surface area contributed by atoms with Crippen LogP contribution >= 0.6 is 11.6 Å². The third-order valence-corrected chi connectivity index (χ3v) is 3.24. The number of nitrogens with one attached hydrogen (secondary N) is 1. The van der Waals surface area contributed by atoms with E-state index in [1.807, 2.05) is 24.3 Å². The number of aliphatic hydroxyl groups excluding tert-OH is 1. The molecule has 1 aliphatic heterocycles. The van der Waals surface area contributed by atoms with Crippen LogP contribution in [0.3, 0.4) is 0 Å². The first-order chi connectivity index (χ1) is 8.29. The van der Waals surface area contributed by atoms with E-state index in [1.165, 1.54) is 0 Å². The fraction of sp³-hybridized carbons (Fsp3) is 0.250. The molecule has 0 saturated heterocycles. The van der Waals surface area contributed by atoms with Gasteiger partial charge in [0.1, 0.15) is 0 Å². The van der Waals surface area contributed by atoms with Crippen molar-refractivity contribution in [2.75, 3.05) is 0 Å². The summed E-state index contributed by atoms with van der Waals surface area (Å²) in [5.74, 6) is 0. The summed E-state index contributed by atoms with van der Waals surface area (Å²) in [7, 11) is 0. The monoisotopic (exact) mass is 249 g/mol. The smallest absolute Gasteiger partial charge is 0.0857 e. The fourth-order valence-corrected chi connectivity index (χ4v) is 2.27. The van der Waals surface area contributed by atoms with Gasteiger partial charge in [-0.2, -0.15) is 5.10 Å². The molecule has 1 aliphatic rings. The van der Waals surface area contributed by atoms with Gasteiger partial charge in [0.2, 0.25) is 0 Å². The number of nitrogens with zero attached hydrogens (tertiary/aromatic N) is 2. The van der Waals surface area contributed by atoms with Crippen molar-refractivity contribution < 1.29 is 5.11 Å². The molecule has 3 rings (SSSR count). The van der Waals surface area contributed by atoms with Gasteiger partial charge >= 0.3 is 0 Å². The molecular weight excluding hydrogens is 238 g/mol. The van der Waals surface area contributed by atoms with Gasteiger partial charge in [0.05, 0.1) is 23.7 Å². The Morgan fingerprint density at radius 2 is 2.06 bits per heavy atom. The molecular formula is C12H12ClN3O. The lowest BCUT2D eigenvalue weighted by atomic mass is 10.2. The molecule has 2 N–H and O–H groups in total. The van der Waals surface area contributed by atoms with Crippen LogP contribution in [0, 0.1) is 0 Å². The number of hydrogen-bond donors (Lipinski definition) is 2. The lowest BCUT2D eigenvalue weighted by Crippen LogP contribution is -2.09. The first-order valence-electron chi connectivity index (χ1n) is 5.47. The highest BCUT2D eigenvalue weighted by molar-refractivity contribution is 6.30. The summed E-state index contributed by atoms with van der Waals surface area (Å²) in [6.07, 6.45) is 0. The van der Waals surface area contributed by atoms with Gasteiger partial charge in [-0.15, -0.1) is 0 Å². The van der Waals surface area contributed by atoms with Gasteiger partial charge in [-0.1, -0.05) is 11.6 Å². The first kappa shape index (κ1) is 10.8. The quantitative estimate of drug-likeness (QED) is 0.851. The predicted octanol–water partition coefficient (Wildman–Crippen LogP) is 1.62. The number of rotatable bonds is 2. The Kier molecular flexibility index (Phi) is 2.63. The number of hydrogen-bond acceptors (Lipinski definition) is 3. The average molecular weight is 250 g/mol. The van der Waals surface area contributed by atoms with Crippen LogP contribution < -0.4 is 5.32 Å². The zero-order valence-corrected chi connectivity index (χ0v) is 9.91. The largest absolute Gasteiger partial charge is 0.390 e. The minimum absolute atomic E-state index is 0.00730. The van der Waals surface area contributed by atoms with Crippen molar-refractivity contribution in [2.45, 2.75) is 19.7 Å². The molecule has 0 aliphatic carbocycles. The minimum atomic E-state index is -0.00730. The van der Waals surface area contributed by atoms with Crippen LogP contribution in [0.15, 0.2) is 24.3 Å². The molecule has 0 saturated carbocycles. The normalized spacial score (nSPS) is 14.0. The molecule has 4 nitrogen and oxygen atoms in total. The van der Waals surface area contributed by atoms with Crippen molar-refractivity contribution in [3.63, 3.8) is 0 Å². The Morgan fingerprint density at radius 1 is 1.29 bits per heavy atom. The van der Waals surface area contributed by atoms with E-state index in [4.69, 9.17) is 11.6 Å². The van der Waals surface area contributed by atoms with Gasteiger partial charge in [-0.3, -0.25) is 0 Å². The van der Waals surface area contributed by atoms with Crippen molar-refractivity contribution >= 4 is 11.6 Å². The molecule has 0 radical (unpaired) electrons. The van der Waals surface area contributed by atoms with Crippen molar-refractivity contribution in [1.29, 1.82) is 0 Å². The second kappa shape index (κ2) is 4.14. The summed E-state index contributed by atoms with van der Waals surface area (Å²) in [5, 5.41) is 17.9. The summed E-state index contributed by atoms with van der Waals surface area (Å²) < 4.78 is 1.79. The second-order valence-electron chi connectivity index (χ2n) is 4.02. The maximum absolute atomic E-state index is 9.47. The molecule has 0 spiro atoms. The van der Waals surface area contributed by atoms with E-state index in [9.17, 15) is 5.11 Å². The van der Waals surface area contributed by atoms with Gasteiger partial charge in [0.25, 0.3) is 0 Å². The number of halogens is 1. The van der Waals surface area contributed by atoms with Crippen LogP contribution in [0.2, 0.25) is 5.02 Å². The van der Waals surface area contributed by atoms with E-state index in [1.54, 1.807) is 4.68 Å². The minimum Gasteiger partial charge on any atom is -0.390 e. The Morgan fingerprint density at radius 3 is 2.76 bits per heavy atom. The van der Waals surface area contributed by atoms with E-state index in [0.29, 0.717) is 5.02 Å². The van der Waals surface area contributed by atoms with E-state index in [-0.39, 0.29) is 6.61 Å². The van der Waals surface area contributed by atoms with Gasteiger partial charge < -0.3 is 10.4 Å². The van der Waals surface area contributed by atoms with E-state index in [0.717, 1.165) is 35.7 Å². The zero-order chi connectivity index (χ0) is 11.8. The van der Waals surface area contributed by atoms with Gasteiger partial charge in [-0.25, -0.2) is 4.68 Å². The molecule has 0 amide bonds. The fourth-order valence-electron chi connectivity index (χ4n) is 2.15. The topological polar surface area (TPSA) is 50.1 Å². The molecule has 0 unspecified atom stereocenters. The summed E-state index contributed by atoms with van der Waals surface area (Å²) in [4.78, 5) is 0. The molecule has 88 valence electrons. The molecule has 17 heavy (non-hydrogen) atoms. The molecule has 0 bridgehead atoms. The second-order valence-corrected chi connectivity index (χ2v) is 4.46. The highest BCUT2D eigenvalue weighted by Gasteiger charge is 2.21. The van der Waals surface area contributed by atoms with E-state index < -0.39 is 0 Å². The third-order valence-electron chi connectivity index (χ3n) is 2.99. The van der Waals surface area contributed by atoms with Crippen LogP contribution in [-0.2, 0) is 19.7 Å². The van der Waals surface area contributed by atoms with Crippen LogP contribution in [-0.4, -0.2) is 14.9 Å². The van der Waals surface area contributed by atoms with Crippen LogP contribution in [0.25, 0.3) is 5.69 Å². The molecule has 0 atom stereocenters. The molecule has 1 aromatic heterocycles. The summed E-state index contributed by atoms with van der Waals surface area (Å²) >= 11 is 5.86. The van der Waals surface area contributed by atoms with Crippen molar-refractivity contribution in [2.24, 2.45) is 0 Å². The van der Waals surface area contributed by atoms with Gasteiger partial charge in [0, 0.05) is 23.7 Å². The molecule has 5 heteroatoms. The van der Waals surface area contributed by atoms with Gasteiger partial charge in [-0.05, 0) is 24.3 Å². The Hall–Kier alpha value is -1.36. The summed E-state index contributed by atoms with van der Waals surface area (Å²) in [6.45, 7) is 1.54. The standard InChI is InChI=1S/C12H12ClN3O/c13-8-1-3-9(4-2-8)16-12(7-17)10-5-14-6-11(10)15-16/h1-4,14,17H,5-7H2. The number of aliphatic hydroxyl groups is 1. The lowest BCUT2D eigenvalue weighted by Gasteiger charge is -2.07. The Balaban J connectivity index is 2.11. The highest BCUT2D eigenvalue weighted by atomic mass is 35.5. The number of benzene rings is 1. The lowest BCUT2D eigenvalue weighted by molar-refractivity contribution is 0.271. The van der Waals surface area contributed by atoms with E-state index >= 15 is 0 Å². The Bertz CT molecular complexity index is 548. The number of aromatic nitrogens is 2. The van der Waals surface area contributed by atoms with Crippen molar-refractivity contribution in [1.82, 2.24) is 15.1 Å². The van der Waals surface area contributed by atoms with Crippen LogP contribution in [0.5, 0.6) is 0 Å². The van der Waals surface area contributed by atoms with Gasteiger partial charge in [0.15, 0.2) is 0 Å². The van der Waals surface area contributed by atoms with Crippen molar-refractivity contribution in [3.8, 4) is 5.69 Å². The van der Waals surface area contributed by atoms with Crippen LogP contribution in [0.4, 0.5) is 0 Å². The molecule has 0 fully saturated rings. The molecule has 2 heterocycles. The Labute approximate surface area is 104 Å². The maximum atomic E-state index is 9.47. The molecule has 2 aromatic rings. The first-order valence-corrected chi connectivity index (χ1v) is 5.84. The zero-order valence-electron chi connectivity index (χ0n) is 9.15. The van der Waals surface area contributed by atoms with E-state index in [2.05, 4.69) is 10.4 Å². The molecule has 1 aromatic carbocycles. The maximum Gasteiger partial charge on any atom is 0.0857 e. The SMILES string of the molecule is OCc1c2c(nn1-c1ccc(Cl)cc1)CNC2. The summed E-state index contributed by atoms with van der Waals surface area (Å²) in [6, 6.07) is 7.44. The van der Waals surface area contributed by atoms with Crippen molar-refractivity contribution in [3.05, 3.63) is 46.2 Å². The van der Waals surface area contributed by atoms with Crippen LogP contribution in [0.1, 0.15) is 17.0 Å². The highest BCUT2D eigenvalue weighted by Crippen LogP contribution is 2.23.